The number of fused-ring (bicyclic) bond motifs is 1. The van der Waals surface area contributed by atoms with E-state index in [-0.39, 0.29) is 12.6 Å². The lowest BCUT2D eigenvalue weighted by molar-refractivity contribution is 0.0146. The molecule has 4 nitrogen and oxygen atoms in total. The van der Waals surface area contributed by atoms with Gasteiger partial charge in [-0.15, -0.1) is 0 Å². The molecule has 1 fully saturated rings. The van der Waals surface area contributed by atoms with Crippen molar-refractivity contribution in [3.05, 3.63) is 17.7 Å². The molecule has 100 valence electrons. The lowest BCUT2D eigenvalue weighted by atomic mass is 10.0. The molecule has 2 aliphatic rings. The van der Waals surface area contributed by atoms with Gasteiger partial charge in [-0.3, -0.25) is 0 Å². The first-order valence-electron chi connectivity index (χ1n) is 7.16. The first kappa shape index (κ1) is 12.2. The Balaban J connectivity index is 1.77. The van der Waals surface area contributed by atoms with Crippen molar-refractivity contribution in [2.45, 2.75) is 57.1 Å². The first-order chi connectivity index (χ1) is 8.88. The highest BCUT2D eigenvalue weighted by molar-refractivity contribution is 5.11. The van der Waals surface area contributed by atoms with Crippen LogP contribution in [0.4, 0.5) is 0 Å². The van der Waals surface area contributed by atoms with Crippen molar-refractivity contribution >= 4 is 0 Å². The number of hydrogen-bond donors (Lipinski definition) is 1. The van der Waals surface area contributed by atoms with Gasteiger partial charge in [0.2, 0.25) is 0 Å². The van der Waals surface area contributed by atoms with Crippen LogP contribution in [-0.2, 0) is 17.6 Å². The van der Waals surface area contributed by atoms with Crippen LogP contribution in [0.3, 0.4) is 0 Å². The predicted octanol–water partition coefficient (Wildman–Crippen LogP) is 1.86. The molecule has 2 aliphatic heterocycles. The van der Waals surface area contributed by atoms with Crippen molar-refractivity contribution in [3.63, 3.8) is 0 Å². The summed E-state index contributed by atoms with van der Waals surface area (Å²) in [5.41, 5.74) is 1.28. The summed E-state index contributed by atoms with van der Waals surface area (Å²) in [6, 6.07) is 0.231. The maximum absolute atomic E-state index is 9.51. The van der Waals surface area contributed by atoms with E-state index in [0.717, 1.165) is 44.5 Å². The van der Waals surface area contributed by atoms with Crippen molar-refractivity contribution < 1.29 is 9.84 Å². The summed E-state index contributed by atoms with van der Waals surface area (Å²) < 4.78 is 8.06. The number of rotatable bonds is 3. The van der Waals surface area contributed by atoms with Gasteiger partial charge in [0.1, 0.15) is 5.82 Å². The fraction of sp³-hybridized carbons (Fsp3) is 0.786. The topological polar surface area (TPSA) is 47.3 Å². The highest BCUT2D eigenvalue weighted by Crippen LogP contribution is 2.27. The monoisotopic (exact) mass is 250 g/mol. The van der Waals surface area contributed by atoms with Gasteiger partial charge >= 0.3 is 0 Å². The summed E-state index contributed by atoms with van der Waals surface area (Å²) in [5, 5.41) is 9.51. The summed E-state index contributed by atoms with van der Waals surface area (Å²) in [6.07, 6.45) is 10.1. The molecule has 2 atom stereocenters. The van der Waals surface area contributed by atoms with E-state index in [4.69, 9.17) is 4.74 Å². The number of ether oxygens (including phenoxy) is 1. The van der Waals surface area contributed by atoms with Gasteiger partial charge in [-0.25, -0.2) is 4.98 Å². The number of hydrogen-bond acceptors (Lipinski definition) is 3. The Hall–Kier alpha value is -0.870. The number of aliphatic hydroxyl groups excluding tert-OH is 1. The third-order valence-electron chi connectivity index (χ3n) is 4.18. The number of aromatic nitrogens is 2. The Labute approximate surface area is 108 Å². The molecule has 0 aromatic carbocycles. The Morgan fingerprint density at radius 3 is 3.06 bits per heavy atom. The smallest absolute Gasteiger partial charge is 0.111 e. The van der Waals surface area contributed by atoms with Crippen LogP contribution in [0.1, 0.15) is 49.7 Å². The summed E-state index contributed by atoms with van der Waals surface area (Å²) in [4.78, 5) is 4.56. The molecule has 0 amide bonds. The average Bonchev–Trinajstić information content (AvgIpc) is 2.83. The Bertz CT molecular complexity index is 396. The van der Waals surface area contributed by atoms with Gasteiger partial charge in [-0.2, -0.15) is 0 Å². The standard InChI is InChI=1S/C14H22N2O2/c17-10-12-5-3-4-11-9-15-14(16(11)12)8-13-6-1-2-7-18-13/h9,12-13,17H,1-8,10H2. The van der Waals surface area contributed by atoms with Crippen LogP contribution in [0.5, 0.6) is 0 Å². The second-order valence-corrected chi connectivity index (χ2v) is 5.46. The Morgan fingerprint density at radius 1 is 1.33 bits per heavy atom. The SMILES string of the molecule is OCC1CCCc2cnc(CC3CCCCO3)n21. The van der Waals surface area contributed by atoms with E-state index < -0.39 is 0 Å². The zero-order chi connectivity index (χ0) is 12.4. The Kier molecular flexibility index (Phi) is 3.66. The molecule has 18 heavy (non-hydrogen) atoms. The molecule has 1 aromatic heterocycles. The molecule has 3 rings (SSSR count). The number of aryl methyl sites for hydroxylation is 1. The van der Waals surface area contributed by atoms with Gasteiger partial charge in [-0.05, 0) is 38.5 Å². The molecular weight excluding hydrogens is 228 g/mol. The summed E-state index contributed by atoms with van der Waals surface area (Å²) >= 11 is 0. The van der Waals surface area contributed by atoms with Gasteiger partial charge < -0.3 is 14.4 Å². The van der Waals surface area contributed by atoms with E-state index in [1.807, 2.05) is 6.20 Å². The highest BCUT2D eigenvalue weighted by atomic mass is 16.5. The maximum Gasteiger partial charge on any atom is 0.111 e. The lowest BCUT2D eigenvalue weighted by Gasteiger charge is -2.28. The minimum Gasteiger partial charge on any atom is -0.394 e. The second kappa shape index (κ2) is 5.41. The fourth-order valence-electron chi connectivity index (χ4n) is 3.21. The van der Waals surface area contributed by atoms with Gasteiger partial charge in [0.25, 0.3) is 0 Å². The van der Waals surface area contributed by atoms with Crippen molar-refractivity contribution in [3.8, 4) is 0 Å². The minimum absolute atomic E-state index is 0.224. The zero-order valence-electron chi connectivity index (χ0n) is 10.8. The quantitative estimate of drug-likeness (QED) is 0.890. The molecule has 4 heteroatoms. The van der Waals surface area contributed by atoms with Gasteiger partial charge in [0.15, 0.2) is 0 Å². The van der Waals surface area contributed by atoms with E-state index in [0.29, 0.717) is 6.10 Å². The molecule has 0 bridgehead atoms. The summed E-state index contributed by atoms with van der Waals surface area (Å²) in [6.45, 7) is 1.11. The van der Waals surface area contributed by atoms with Crippen LogP contribution in [0.2, 0.25) is 0 Å². The lowest BCUT2D eigenvalue weighted by Crippen LogP contribution is -2.27. The largest absolute Gasteiger partial charge is 0.394 e. The van der Waals surface area contributed by atoms with Crippen LogP contribution in [-0.4, -0.2) is 34.0 Å². The van der Waals surface area contributed by atoms with Gasteiger partial charge in [0, 0.05) is 24.9 Å². The van der Waals surface area contributed by atoms with Crippen LogP contribution in [0.15, 0.2) is 6.20 Å². The van der Waals surface area contributed by atoms with E-state index in [2.05, 4.69) is 9.55 Å². The Morgan fingerprint density at radius 2 is 2.28 bits per heavy atom. The maximum atomic E-state index is 9.51. The fourth-order valence-corrected chi connectivity index (χ4v) is 3.21. The number of nitrogens with zero attached hydrogens (tertiary/aromatic N) is 2. The third-order valence-corrected chi connectivity index (χ3v) is 4.18. The molecule has 3 heterocycles. The first-order valence-corrected chi connectivity index (χ1v) is 7.16. The van der Waals surface area contributed by atoms with Crippen molar-refractivity contribution in [2.75, 3.05) is 13.2 Å². The second-order valence-electron chi connectivity index (χ2n) is 5.46. The van der Waals surface area contributed by atoms with E-state index >= 15 is 0 Å². The van der Waals surface area contributed by atoms with E-state index in [9.17, 15) is 5.11 Å². The van der Waals surface area contributed by atoms with Crippen LogP contribution >= 0.6 is 0 Å². The van der Waals surface area contributed by atoms with Crippen LogP contribution < -0.4 is 0 Å². The summed E-state index contributed by atoms with van der Waals surface area (Å²) in [7, 11) is 0. The number of imidazole rings is 1. The van der Waals surface area contributed by atoms with Crippen LogP contribution in [0.25, 0.3) is 0 Å². The van der Waals surface area contributed by atoms with Crippen molar-refractivity contribution in [1.82, 2.24) is 9.55 Å². The average molecular weight is 250 g/mol. The van der Waals surface area contributed by atoms with E-state index in [1.54, 1.807) is 0 Å². The van der Waals surface area contributed by atoms with E-state index in [1.165, 1.54) is 18.5 Å². The predicted molar refractivity (Wildman–Crippen MR) is 68.6 cm³/mol. The molecule has 1 N–H and O–H groups in total. The molecule has 0 spiro atoms. The van der Waals surface area contributed by atoms with Crippen molar-refractivity contribution in [1.29, 1.82) is 0 Å². The van der Waals surface area contributed by atoms with Gasteiger partial charge in [-0.1, -0.05) is 0 Å². The molecule has 0 radical (unpaired) electrons. The third kappa shape index (κ3) is 2.31. The minimum atomic E-state index is 0.224. The normalized spacial score (nSPS) is 28.1. The van der Waals surface area contributed by atoms with Gasteiger partial charge in [0.05, 0.1) is 18.8 Å². The van der Waals surface area contributed by atoms with Crippen LogP contribution in [0, 0.1) is 0 Å². The molecule has 2 unspecified atom stereocenters. The number of aliphatic hydroxyl groups is 1. The highest BCUT2D eigenvalue weighted by Gasteiger charge is 2.25. The molecule has 1 saturated heterocycles. The molecular formula is C14H22N2O2. The molecule has 0 saturated carbocycles. The summed E-state index contributed by atoms with van der Waals surface area (Å²) in [5.74, 6) is 1.11. The zero-order valence-corrected chi connectivity index (χ0v) is 10.8. The van der Waals surface area contributed by atoms with Crippen molar-refractivity contribution in [2.24, 2.45) is 0 Å². The molecule has 0 aliphatic carbocycles. The molecule has 1 aromatic rings.